The molecule has 1 aromatic heterocycles. The Morgan fingerprint density at radius 1 is 1.19 bits per heavy atom. The Bertz CT molecular complexity index is 792. The third-order valence-electron chi connectivity index (χ3n) is 4.17. The molecule has 3 rings (SSSR count). The molecule has 0 saturated carbocycles. The Labute approximate surface area is 151 Å². The van der Waals surface area contributed by atoms with Crippen LogP contribution in [0.25, 0.3) is 0 Å². The van der Waals surface area contributed by atoms with Crippen LogP contribution in [0, 0.1) is 0 Å². The minimum absolute atomic E-state index is 0.00603. The molecule has 0 radical (unpaired) electrons. The topological polar surface area (TPSA) is 81.0 Å². The van der Waals surface area contributed by atoms with E-state index in [1.54, 1.807) is 30.5 Å². The van der Waals surface area contributed by atoms with Gasteiger partial charge in [0.05, 0.1) is 19.8 Å². The molecule has 1 aliphatic rings. The third-order valence-corrected chi connectivity index (χ3v) is 4.17. The van der Waals surface area contributed by atoms with Crippen LogP contribution in [0.4, 0.5) is 0 Å². The van der Waals surface area contributed by atoms with Gasteiger partial charge in [0.25, 0.3) is 5.56 Å². The second kappa shape index (κ2) is 8.16. The number of carbonyl (C=O) groups excluding carboxylic acids is 1. The van der Waals surface area contributed by atoms with E-state index in [1.165, 1.54) is 15.5 Å². The summed E-state index contributed by atoms with van der Waals surface area (Å²) in [5.41, 5.74) is -1.56. The Morgan fingerprint density at radius 3 is 2.73 bits per heavy atom. The molecule has 2 aromatic rings. The standard InChI is InChI=1S/C19H22N2O5/c22-17-8-4-5-9-20(17)12-18(23)21-10-11-25-14-19(24,13-21)15-26-16-6-2-1-3-7-16/h1-9,24H,10-15H2/t19-/m1/s1. The van der Waals surface area contributed by atoms with E-state index >= 15 is 0 Å². The summed E-state index contributed by atoms with van der Waals surface area (Å²) < 4.78 is 12.4. The minimum atomic E-state index is -1.32. The van der Waals surface area contributed by atoms with Crippen molar-refractivity contribution in [2.24, 2.45) is 0 Å². The molecule has 2 heterocycles. The number of β-amino-alcohol motifs (C(OH)–C–C–N with tert-alkyl or cyclic N) is 1. The number of benzene rings is 1. The molecule has 1 amide bonds. The van der Waals surface area contributed by atoms with Gasteiger partial charge in [-0.2, -0.15) is 0 Å². The fraction of sp³-hybridized carbons (Fsp3) is 0.368. The zero-order chi connectivity index (χ0) is 18.4. The number of pyridine rings is 1. The van der Waals surface area contributed by atoms with Gasteiger partial charge in [0.15, 0.2) is 0 Å². The van der Waals surface area contributed by atoms with E-state index in [4.69, 9.17) is 9.47 Å². The van der Waals surface area contributed by atoms with Crippen molar-refractivity contribution in [1.29, 1.82) is 0 Å². The highest BCUT2D eigenvalue weighted by atomic mass is 16.5. The molecule has 7 nitrogen and oxygen atoms in total. The van der Waals surface area contributed by atoms with Crippen LogP contribution in [0.5, 0.6) is 5.75 Å². The van der Waals surface area contributed by atoms with Gasteiger partial charge in [-0.05, 0) is 18.2 Å². The number of nitrogens with zero attached hydrogens (tertiary/aromatic N) is 2. The fourth-order valence-corrected chi connectivity index (χ4v) is 2.79. The lowest BCUT2D eigenvalue weighted by molar-refractivity contribution is -0.135. The van der Waals surface area contributed by atoms with Crippen molar-refractivity contribution >= 4 is 5.91 Å². The summed E-state index contributed by atoms with van der Waals surface area (Å²) in [5.74, 6) is 0.390. The number of hydrogen-bond donors (Lipinski definition) is 1. The molecular formula is C19H22N2O5. The molecule has 7 heteroatoms. The first-order valence-electron chi connectivity index (χ1n) is 8.47. The van der Waals surface area contributed by atoms with Crippen LogP contribution in [0.2, 0.25) is 0 Å². The molecule has 26 heavy (non-hydrogen) atoms. The van der Waals surface area contributed by atoms with Crippen molar-refractivity contribution in [3.63, 3.8) is 0 Å². The molecular weight excluding hydrogens is 336 g/mol. The Hall–Kier alpha value is -2.64. The van der Waals surface area contributed by atoms with Crippen LogP contribution in [-0.2, 0) is 16.1 Å². The average Bonchev–Trinajstić information content (AvgIpc) is 2.85. The van der Waals surface area contributed by atoms with Crippen LogP contribution in [0.3, 0.4) is 0 Å². The second-order valence-electron chi connectivity index (χ2n) is 6.36. The Morgan fingerprint density at radius 2 is 1.96 bits per heavy atom. The highest BCUT2D eigenvalue weighted by Gasteiger charge is 2.35. The number of aromatic nitrogens is 1. The summed E-state index contributed by atoms with van der Waals surface area (Å²) in [7, 11) is 0. The van der Waals surface area contributed by atoms with E-state index in [-0.39, 0.29) is 37.8 Å². The first kappa shape index (κ1) is 18.2. The lowest BCUT2D eigenvalue weighted by Crippen LogP contribution is -2.51. The molecule has 1 atom stereocenters. The van der Waals surface area contributed by atoms with Crippen molar-refractivity contribution < 1.29 is 19.4 Å². The molecule has 0 aliphatic carbocycles. The quantitative estimate of drug-likeness (QED) is 0.843. The summed E-state index contributed by atoms with van der Waals surface area (Å²) in [6.45, 7) is 0.771. The van der Waals surface area contributed by atoms with Gasteiger partial charge in [-0.1, -0.05) is 24.3 Å². The van der Waals surface area contributed by atoms with E-state index in [0.29, 0.717) is 18.9 Å². The van der Waals surface area contributed by atoms with Gasteiger partial charge in [-0.3, -0.25) is 9.59 Å². The first-order chi connectivity index (χ1) is 12.6. The number of ether oxygens (including phenoxy) is 2. The SMILES string of the molecule is O=C(Cn1ccccc1=O)N1CCOC[C@@](O)(COc2ccccc2)C1. The summed E-state index contributed by atoms with van der Waals surface area (Å²) >= 11 is 0. The predicted molar refractivity (Wildman–Crippen MR) is 95.0 cm³/mol. The molecule has 1 N–H and O–H groups in total. The van der Waals surface area contributed by atoms with E-state index in [0.717, 1.165) is 0 Å². The summed E-state index contributed by atoms with van der Waals surface area (Å²) in [5, 5.41) is 10.8. The maximum atomic E-state index is 12.6. The number of hydrogen-bond acceptors (Lipinski definition) is 5. The van der Waals surface area contributed by atoms with Gasteiger partial charge in [0, 0.05) is 18.8 Å². The molecule has 1 aromatic carbocycles. The molecule has 0 unspecified atom stereocenters. The molecule has 0 spiro atoms. The van der Waals surface area contributed by atoms with E-state index in [1.807, 2.05) is 18.2 Å². The molecule has 1 aliphatic heterocycles. The van der Waals surface area contributed by atoms with E-state index in [2.05, 4.69) is 0 Å². The number of carbonyl (C=O) groups is 1. The summed E-state index contributed by atoms with van der Waals surface area (Å²) in [6, 6.07) is 13.9. The maximum Gasteiger partial charge on any atom is 0.250 e. The normalized spacial score (nSPS) is 20.4. The highest BCUT2D eigenvalue weighted by molar-refractivity contribution is 5.76. The Balaban J connectivity index is 1.65. The molecule has 138 valence electrons. The maximum absolute atomic E-state index is 12.6. The van der Waals surface area contributed by atoms with E-state index in [9.17, 15) is 14.7 Å². The minimum Gasteiger partial charge on any atom is -0.490 e. The second-order valence-corrected chi connectivity index (χ2v) is 6.36. The molecule has 0 bridgehead atoms. The van der Waals surface area contributed by atoms with Crippen molar-refractivity contribution in [3.8, 4) is 5.75 Å². The summed E-state index contributed by atoms with van der Waals surface area (Å²) in [4.78, 5) is 25.9. The number of rotatable bonds is 5. The van der Waals surface area contributed by atoms with Gasteiger partial charge >= 0.3 is 0 Å². The van der Waals surface area contributed by atoms with Gasteiger partial charge < -0.3 is 24.0 Å². The van der Waals surface area contributed by atoms with E-state index < -0.39 is 5.60 Å². The number of aliphatic hydroxyl groups is 1. The summed E-state index contributed by atoms with van der Waals surface area (Å²) in [6.07, 6.45) is 1.57. The van der Waals surface area contributed by atoms with Crippen LogP contribution in [-0.4, -0.2) is 59.0 Å². The largest absolute Gasteiger partial charge is 0.490 e. The lowest BCUT2D eigenvalue weighted by atomic mass is 10.1. The number of para-hydroxylation sites is 1. The van der Waals surface area contributed by atoms with Gasteiger partial charge in [-0.25, -0.2) is 0 Å². The number of amides is 1. The lowest BCUT2D eigenvalue weighted by Gasteiger charge is -2.30. The first-order valence-corrected chi connectivity index (χ1v) is 8.47. The van der Waals surface area contributed by atoms with Gasteiger partial charge in [0.1, 0.15) is 24.5 Å². The molecule has 1 saturated heterocycles. The van der Waals surface area contributed by atoms with Crippen molar-refractivity contribution in [2.75, 3.05) is 32.9 Å². The Kier molecular flexibility index (Phi) is 5.70. The van der Waals surface area contributed by atoms with Gasteiger partial charge in [-0.15, -0.1) is 0 Å². The van der Waals surface area contributed by atoms with Gasteiger partial charge in [0.2, 0.25) is 5.91 Å². The van der Waals surface area contributed by atoms with Crippen LogP contribution in [0.15, 0.2) is 59.5 Å². The van der Waals surface area contributed by atoms with Crippen molar-refractivity contribution in [3.05, 3.63) is 65.1 Å². The highest BCUT2D eigenvalue weighted by Crippen LogP contribution is 2.16. The van der Waals surface area contributed by atoms with Crippen molar-refractivity contribution in [1.82, 2.24) is 9.47 Å². The van der Waals surface area contributed by atoms with Crippen LogP contribution in [0.1, 0.15) is 0 Å². The average molecular weight is 358 g/mol. The van der Waals surface area contributed by atoms with Crippen LogP contribution < -0.4 is 10.3 Å². The van der Waals surface area contributed by atoms with Crippen molar-refractivity contribution in [2.45, 2.75) is 12.1 Å². The zero-order valence-corrected chi connectivity index (χ0v) is 14.4. The predicted octanol–water partition coefficient (Wildman–Crippen LogP) is 0.517. The van der Waals surface area contributed by atoms with Crippen LogP contribution >= 0.6 is 0 Å². The molecule has 1 fully saturated rings. The zero-order valence-electron chi connectivity index (χ0n) is 14.4. The smallest absolute Gasteiger partial charge is 0.250 e. The fourth-order valence-electron chi connectivity index (χ4n) is 2.79. The third kappa shape index (κ3) is 4.71. The monoisotopic (exact) mass is 358 g/mol.